The van der Waals surface area contributed by atoms with Gasteiger partial charge >= 0.3 is 0 Å². The topological polar surface area (TPSA) is 38.0 Å². The van der Waals surface area contributed by atoms with E-state index in [1.54, 1.807) is 0 Å². The first-order valence-electron chi connectivity index (χ1n) is 3.33. The highest BCUT2D eigenvalue weighted by molar-refractivity contribution is 4.78. The maximum absolute atomic E-state index is 12.6. The number of hydrogen-bond donors (Lipinski definition) is 2. The first-order chi connectivity index (χ1) is 4.20. The Kier molecular flexibility index (Phi) is 2.03. The van der Waals surface area contributed by atoms with E-state index < -0.39 is 6.17 Å². The van der Waals surface area contributed by atoms with Crippen molar-refractivity contribution in [3.8, 4) is 0 Å². The average molecular weight is 132 g/mol. The van der Waals surface area contributed by atoms with Crippen LogP contribution < -0.4 is 11.1 Å². The second-order valence-electron chi connectivity index (χ2n) is 2.74. The van der Waals surface area contributed by atoms with Gasteiger partial charge in [-0.3, -0.25) is 5.32 Å². The quantitative estimate of drug-likeness (QED) is 0.495. The van der Waals surface area contributed by atoms with E-state index in [1.807, 2.05) is 6.92 Å². The molecule has 54 valence electrons. The molecule has 3 N–H and O–H groups in total. The molecule has 0 radical (unpaired) electrons. The molecule has 2 nitrogen and oxygen atoms in total. The molecule has 0 aliphatic carbocycles. The average Bonchev–Trinajstić information content (AvgIpc) is 1.80. The summed E-state index contributed by atoms with van der Waals surface area (Å²) in [5, 5.41) is 2.86. The molecule has 1 fully saturated rings. The van der Waals surface area contributed by atoms with Crippen LogP contribution in [0.25, 0.3) is 0 Å². The molecule has 1 saturated heterocycles. The molecule has 0 saturated carbocycles. The van der Waals surface area contributed by atoms with Gasteiger partial charge in [-0.15, -0.1) is 0 Å². The summed E-state index contributed by atoms with van der Waals surface area (Å²) in [5.41, 5.74) is 5.51. The van der Waals surface area contributed by atoms with Crippen LogP contribution in [0.3, 0.4) is 0 Å². The fourth-order valence-corrected chi connectivity index (χ4v) is 1.10. The van der Waals surface area contributed by atoms with Gasteiger partial charge in [0.2, 0.25) is 0 Å². The van der Waals surface area contributed by atoms with Crippen molar-refractivity contribution in [3.63, 3.8) is 0 Å². The number of halogens is 1. The standard InChI is InChI=1S/C6H13FN2/c1-4-2-6(8)9-3-5(4)7/h4-6,9H,2-3,8H2,1H3. The summed E-state index contributed by atoms with van der Waals surface area (Å²) >= 11 is 0. The first-order valence-corrected chi connectivity index (χ1v) is 3.33. The third kappa shape index (κ3) is 1.63. The van der Waals surface area contributed by atoms with E-state index >= 15 is 0 Å². The zero-order valence-corrected chi connectivity index (χ0v) is 5.60. The van der Waals surface area contributed by atoms with Crippen molar-refractivity contribution in [1.29, 1.82) is 0 Å². The third-order valence-electron chi connectivity index (χ3n) is 1.82. The Hall–Kier alpha value is -0.150. The fourth-order valence-electron chi connectivity index (χ4n) is 1.10. The number of piperidine rings is 1. The smallest absolute Gasteiger partial charge is 0.115 e. The van der Waals surface area contributed by atoms with Gasteiger partial charge in [-0.1, -0.05) is 6.92 Å². The first kappa shape index (κ1) is 6.96. The minimum Gasteiger partial charge on any atom is -0.316 e. The lowest BCUT2D eigenvalue weighted by atomic mass is 9.97. The van der Waals surface area contributed by atoms with Crippen molar-refractivity contribution in [1.82, 2.24) is 5.32 Å². The van der Waals surface area contributed by atoms with E-state index in [1.165, 1.54) is 0 Å². The molecule has 1 rings (SSSR count). The number of hydrogen-bond acceptors (Lipinski definition) is 2. The summed E-state index contributed by atoms with van der Waals surface area (Å²) in [6.45, 7) is 2.31. The zero-order valence-electron chi connectivity index (χ0n) is 5.60. The molecule has 1 aliphatic rings. The van der Waals surface area contributed by atoms with E-state index in [9.17, 15) is 4.39 Å². The second kappa shape index (κ2) is 2.62. The van der Waals surface area contributed by atoms with Crippen molar-refractivity contribution in [2.45, 2.75) is 25.7 Å². The third-order valence-corrected chi connectivity index (χ3v) is 1.82. The summed E-state index contributed by atoms with van der Waals surface area (Å²) in [6, 6.07) is 0. The van der Waals surface area contributed by atoms with Crippen molar-refractivity contribution >= 4 is 0 Å². The summed E-state index contributed by atoms with van der Waals surface area (Å²) in [7, 11) is 0. The van der Waals surface area contributed by atoms with Gasteiger partial charge in [0.1, 0.15) is 6.17 Å². The van der Waals surface area contributed by atoms with Gasteiger partial charge in [-0.05, 0) is 12.3 Å². The minimum atomic E-state index is -0.704. The van der Waals surface area contributed by atoms with Crippen molar-refractivity contribution in [2.75, 3.05) is 6.54 Å². The molecule has 3 atom stereocenters. The van der Waals surface area contributed by atoms with Crippen LogP contribution in [0, 0.1) is 5.92 Å². The molecule has 3 unspecified atom stereocenters. The Morgan fingerprint density at radius 2 is 2.33 bits per heavy atom. The van der Waals surface area contributed by atoms with Crippen molar-refractivity contribution in [2.24, 2.45) is 11.7 Å². The van der Waals surface area contributed by atoms with Gasteiger partial charge in [0, 0.05) is 6.54 Å². The van der Waals surface area contributed by atoms with E-state index in [2.05, 4.69) is 5.32 Å². The lowest BCUT2D eigenvalue weighted by molar-refractivity contribution is 0.166. The Bertz CT molecular complexity index is 97.1. The van der Waals surface area contributed by atoms with Crippen LogP contribution in [0.15, 0.2) is 0 Å². The highest BCUT2D eigenvalue weighted by atomic mass is 19.1. The van der Waals surface area contributed by atoms with Gasteiger partial charge in [0.15, 0.2) is 0 Å². The van der Waals surface area contributed by atoms with E-state index in [0.29, 0.717) is 6.54 Å². The Morgan fingerprint density at radius 3 is 2.78 bits per heavy atom. The van der Waals surface area contributed by atoms with Crippen LogP contribution in [-0.2, 0) is 0 Å². The van der Waals surface area contributed by atoms with Crippen LogP contribution in [-0.4, -0.2) is 18.9 Å². The molecule has 1 aliphatic heterocycles. The molecular formula is C6H13FN2. The lowest BCUT2D eigenvalue weighted by Gasteiger charge is -2.28. The number of alkyl halides is 1. The van der Waals surface area contributed by atoms with Crippen LogP contribution in [0.1, 0.15) is 13.3 Å². The largest absolute Gasteiger partial charge is 0.316 e. The minimum absolute atomic E-state index is 0.00648. The van der Waals surface area contributed by atoms with Crippen LogP contribution in [0.5, 0.6) is 0 Å². The molecule has 0 aromatic heterocycles. The molecule has 1 heterocycles. The number of rotatable bonds is 0. The van der Waals surface area contributed by atoms with Crippen LogP contribution in [0.4, 0.5) is 4.39 Å². The van der Waals surface area contributed by atoms with Crippen LogP contribution >= 0.6 is 0 Å². The Morgan fingerprint density at radius 1 is 1.67 bits per heavy atom. The monoisotopic (exact) mass is 132 g/mol. The van der Waals surface area contributed by atoms with E-state index in [-0.39, 0.29) is 12.1 Å². The summed E-state index contributed by atoms with van der Waals surface area (Å²) in [4.78, 5) is 0. The summed E-state index contributed by atoms with van der Waals surface area (Å²) < 4.78 is 12.6. The van der Waals surface area contributed by atoms with E-state index in [4.69, 9.17) is 5.73 Å². The predicted octanol–water partition coefficient (Wildman–Crippen LogP) is 0.239. The molecule has 0 aromatic rings. The second-order valence-corrected chi connectivity index (χ2v) is 2.74. The SMILES string of the molecule is CC1CC(N)NCC1F. The summed E-state index contributed by atoms with van der Waals surface area (Å²) in [6.07, 6.45) is 0.0537. The van der Waals surface area contributed by atoms with E-state index in [0.717, 1.165) is 6.42 Å². The maximum Gasteiger partial charge on any atom is 0.115 e. The molecule has 3 heteroatoms. The Balaban J connectivity index is 2.35. The van der Waals surface area contributed by atoms with Crippen molar-refractivity contribution < 1.29 is 4.39 Å². The maximum atomic E-state index is 12.6. The number of nitrogens with one attached hydrogen (secondary N) is 1. The van der Waals surface area contributed by atoms with Crippen molar-refractivity contribution in [3.05, 3.63) is 0 Å². The Labute approximate surface area is 54.6 Å². The number of nitrogens with two attached hydrogens (primary N) is 1. The molecule has 9 heavy (non-hydrogen) atoms. The normalized spacial score (nSPS) is 45.0. The highest BCUT2D eigenvalue weighted by Gasteiger charge is 2.23. The summed E-state index contributed by atoms with van der Waals surface area (Å²) in [5.74, 6) is 0.126. The molecule has 0 spiro atoms. The highest BCUT2D eigenvalue weighted by Crippen LogP contribution is 2.15. The van der Waals surface area contributed by atoms with Crippen LogP contribution in [0.2, 0.25) is 0 Å². The van der Waals surface area contributed by atoms with Gasteiger partial charge in [0.25, 0.3) is 0 Å². The van der Waals surface area contributed by atoms with Gasteiger partial charge in [-0.2, -0.15) is 0 Å². The van der Waals surface area contributed by atoms with Gasteiger partial charge < -0.3 is 5.73 Å². The van der Waals surface area contributed by atoms with Gasteiger partial charge in [-0.25, -0.2) is 4.39 Å². The lowest BCUT2D eigenvalue weighted by Crippen LogP contribution is -2.48. The zero-order chi connectivity index (χ0) is 6.85. The molecule has 0 aromatic carbocycles. The predicted molar refractivity (Wildman–Crippen MR) is 34.7 cm³/mol. The molecule has 0 amide bonds. The molecular weight excluding hydrogens is 119 g/mol. The fraction of sp³-hybridized carbons (Fsp3) is 1.00. The molecule has 0 bridgehead atoms. The van der Waals surface area contributed by atoms with Gasteiger partial charge in [0.05, 0.1) is 6.17 Å².